The monoisotopic (exact) mass is 310 g/mol. The molecule has 5 heteroatoms. The molecular formula is C18H22N4O. The molecule has 1 amide bonds. The lowest BCUT2D eigenvalue weighted by atomic mass is 9.89. The second kappa shape index (κ2) is 7.72. The van der Waals surface area contributed by atoms with Crippen LogP contribution in [0.1, 0.15) is 30.7 Å². The van der Waals surface area contributed by atoms with Gasteiger partial charge >= 0.3 is 0 Å². The van der Waals surface area contributed by atoms with Crippen LogP contribution in [-0.2, 0) is 4.79 Å². The number of nitrogens with zero attached hydrogens (tertiary/aromatic N) is 3. The summed E-state index contributed by atoms with van der Waals surface area (Å²) in [6, 6.07) is 12.4. The highest BCUT2D eigenvalue weighted by molar-refractivity contribution is 5.76. The van der Waals surface area contributed by atoms with Crippen LogP contribution in [0.15, 0.2) is 48.8 Å². The van der Waals surface area contributed by atoms with Gasteiger partial charge in [0.15, 0.2) is 0 Å². The number of hydrogen-bond donors (Lipinski definition) is 1. The first-order valence-corrected chi connectivity index (χ1v) is 8.16. The third kappa shape index (κ3) is 4.28. The van der Waals surface area contributed by atoms with E-state index < -0.39 is 0 Å². The van der Waals surface area contributed by atoms with Crippen molar-refractivity contribution >= 4 is 11.9 Å². The zero-order valence-electron chi connectivity index (χ0n) is 13.2. The third-order valence-corrected chi connectivity index (χ3v) is 4.31. The summed E-state index contributed by atoms with van der Waals surface area (Å²) in [5.41, 5.74) is 1.39. The third-order valence-electron chi connectivity index (χ3n) is 4.31. The molecule has 1 aliphatic heterocycles. The topological polar surface area (TPSA) is 58.1 Å². The van der Waals surface area contributed by atoms with E-state index in [4.69, 9.17) is 0 Å². The van der Waals surface area contributed by atoms with E-state index in [-0.39, 0.29) is 5.91 Å². The quantitative estimate of drug-likeness (QED) is 0.922. The molecule has 0 spiro atoms. The van der Waals surface area contributed by atoms with Crippen LogP contribution in [0, 0.1) is 0 Å². The summed E-state index contributed by atoms with van der Waals surface area (Å²) < 4.78 is 0. The predicted octanol–water partition coefficient (Wildman–Crippen LogP) is 2.68. The van der Waals surface area contributed by atoms with Crippen molar-refractivity contribution in [2.45, 2.75) is 25.2 Å². The van der Waals surface area contributed by atoms with Crippen LogP contribution < -0.4 is 5.32 Å². The van der Waals surface area contributed by atoms with Gasteiger partial charge in [-0.1, -0.05) is 30.3 Å². The maximum atomic E-state index is 12.3. The molecule has 0 bridgehead atoms. The lowest BCUT2D eigenvalue weighted by Crippen LogP contribution is -2.38. The molecule has 3 rings (SSSR count). The summed E-state index contributed by atoms with van der Waals surface area (Å²) in [5, 5.41) is 3.08. The van der Waals surface area contributed by atoms with Crippen molar-refractivity contribution in [3.8, 4) is 0 Å². The lowest BCUT2D eigenvalue weighted by molar-refractivity contribution is -0.131. The molecule has 0 aliphatic carbocycles. The highest BCUT2D eigenvalue weighted by Gasteiger charge is 2.23. The molecule has 2 aromatic rings. The number of rotatable bonds is 5. The SMILES string of the molecule is O=C(CCNc1ncccn1)N1CCC(c2ccccc2)CC1. The van der Waals surface area contributed by atoms with Crippen LogP contribution in [0.3, 0.4) is 0 Å². The van der Waals surface area contributed by atoms with Gasteiger partial charge in [0, 0.05) is 38.4 Å². The van der Waals surface area contributed by atoms with Crippen molar-refractivity contribution in [3.63, 3.8) is 0 Å². The van der Waals surface area contributed by atoms with Crippen LogP contribution in [0.2, 0.25) is 0 Å². The van der Waals surface area contributed by atoms with Crippen molar-refractivity contribution < 1.29 is 4.79 Å². The van der Waals surface area contributed by atoms with E-state index in [0.29, 0.717) is 24.8 Å². The fourth-order valence-corrected chi connectivity index (χ4v) is 3.02. The van der Waals surface area contributed by atoms with Crippen molar-refractivity contribution in [1.29, 1.82) is 0 Å². The number of nitrogens with one attached hydrogen (secondary N) is 1. The van der Waals surface area contributed by atoms with Gasteiger partial charge in [0.05, 0.1) is 0 Å². The second-order valence-electron chi connectivity index (χ2n) is 5.81. The Kier molecular flexibility index (Phi) is 5.19. The van der Waals surface area contributed by atoms with E-state index in [1.807, 2.05) is 11.0 Å². The van der Waals surface area contributed by atoms with Gasteiger partial charge in [-0.15, -0.1) is 0 Å². The van der Waals surface area contributed by atoms with Crippen LogP contribution in [0.25, 0.3) is 0 Å². The Hall–Kier alpha value is -2.43. The summed E-state index contributed by atoms with van der Waals surface area (Å²) in [5.74, 6) is 1.36. The highest BCUT2D eigenvalue weighted by Crippen LogP contribution is 2.27. The van der Waals surface area contributed by atoms with E-state index in [9.17, 15) is 4.79 Å². The molecule has 1 aromatic heterocycles. The number of carbonyl (C=O) groups excluding carboxylic acids is 1. The zero-order valence-corrected chi connectivity index (χ0v) is 13.2. The fraction of sp³-hybridized carbons (Fsp3) is 0.389. The van der Waals surface area contributed by atoms with E-state index >= 15 is 0 Å². The molecular weight excluding hydrogens is 288 g/mol. The molecule has 0 unspecified atom stereocenters. The molecule has 1 fully saturated rings. The summed E-state index contributed by atoms with van der Waals surface area (Å²) in [6.45, 7) is 2.27. The number of amides is 1. The number of benzene rings is 1. The molecule has 1 N–H and O–H groups in total. The molecule has 1 aromatic carbocycles. The first kappa shape index (κ1) is 15.5. The minimum atomic E-state index is 0.208. The minimum Gasteiger partial charge on any atom is -0.354 e. The Balaban J connectivity index is 1.41. The number of aromatic nitrogens is 2. The van der Waals surface area contributed by atoms with Crippen LogP contribution in [0.5, 0.6) is 0 Å². The fourth-order valence-electron chi connectivity index (χ4n) is 3.02. The molecule has 5 nitrogen and oxygen atoms in total. The Morgan fingerprint density at radius 2 is 1.78 bits per heavy atom. The van der Waals surface area contributed by atoms with Gasteiger partial charge in [-0.2, -0.15) is 0 Å². The minimum absolute atomic E-state index is 0.208. The summed E-state index contributed by atoms with van der Waals surface area (Å²) in [6.07, 6.45) is 5.95. The van der Waals surface area contributed by atoms with Gasteiger partial charge in [-0.3, -0.25) is 4.79 Å². The average molecular weight is 310 g/mol. The largest absolute Gasteiger partial charge is 0.354 e. The number of anilines is 1. The van der Waals surface area contributed by atoms with E-state index in [2.05, 4.69) is 39.6 Å². The van der Waals surface area contributed by atoms with Gasteiger partial charge in [-0.05, 0) is 30.4 Å². The molecule has 23 heavy (non-hydrogen) atoms. The summed E-state index contributed by atoms with van der Waals surface area (Å²) >= 11 is 0. The smallest absolute Gasteiger partial charge is 0.224 e. The van der Waals surface area contributed by atoms with Gasteiger partial charge in [-0.25, -0.2) is 9.97 Å². The van der Waals surface area contributed by atoms with Crippen molar-refractivity contribution in [3.05, 3.63) is 54.4 Å². The standard InChI is InChI=1S/C18H22N4O/c23-17(7-12-21-18-19-10-4-11-20-18)22-13-8-16(9-14-22)15-5-2-1-3-6-15/h1-6,10-11,16H,7-9,12-14H2,(H,19,20,21). The van der Waals surface area contributed by atoms with Crippen molar-refractivity contribution in [2.24, 2.45) is 0 Å². The normalized spacial score (nSPS) is 15.4. The van der Waals surface area contributed by atoms with E-state index in [1.54, 1.807) is 18.5 Å². The first-order valence-electron chi connectivity index (χ1n) is 8.16. The number of carbonyl (C=O) groups is 1. The van der Waals surface area contributed by atoms with Gasteiger partial charge in [0.2, 0.25) is 11.9 Å². The van der Waals surface area contributed by atoms with Gasteiger partial charge in [0.25, 0.3) is 0 Å². The number of piperidine rings is 1. The van der Waals surface area contributed by atoms with E-state index in [1.165, 1.54) is 5.56 Å². The Bertz CT molecular complexity index is 609. The first-order chi connectivity index (χ1) is 11.3. The molecule has 0 atom stereocenters. The number of likely N-dealkylation sites (tertiary alicyclic amines) is 1. The molecule has 1 aliphatic rings. The van der Waals surface area contributed by atoms with Crippen LogP contribution >= 0.6 is 0 Å². The summed E-state index contributed by atoms with van der Waals surface area (Å²) in [7, 11) is 0. The molecule has 0 radical (unpaired) electrons. The van der Waals surface area contributed by atoms with Crippen molar-refractivity contribution in [2.75, 3.05) is 25.0 Å². The maximum Gasteiger partial charge on any atom is 0.224 e. The zero-order chi connectivity index (χ0) is 15.9. The average Bonchev–Trinajstić information content (AvgIpc) is 2.63. The predicted molar refractivity (Wildman–Crippen MR) is 90.1 cm³/mol. The molecule has 1 saturated heterocycles. The van der Waals surface area contributed by atoms with Crippen LogP contribution in [0.4, 0.5) is 5.95 Å². The van der Waals surface area contributed by atoms with E-state index in [0.717, 1.165) is 25.9 Å². The van der Waals surface area contributed by atoms with Gasteiger partial charge in [0.1, 0.15) is 0 Å². The maximum absolute atomic E-state index is 12.3. The van der Waals surface area contributed by atoms with Gasteiger partial charge < -0.3 is 10.2 Å². The highest BCUT2D eigenvalue weighted by atomic mass is 16.2. The molecule has 2 heterocycles. The molecule has 120 valence electrons. The second-order valence-corrected chi connectivity index (χ2v) is 5.81. The van der Waals surface area contributed by atoms with Crippen molar-refractivity contribution in [1.82, 2.24) is 14.9 Å². The Labute approximate surface area is 136 Å². The molecule has 0 saturated carbocycles. The Morgan fingerprint density at radius 1 is 1.09 bits per heavy atom. The van der Waals surface area contributed by atoms with Crippen LogP contribution in [-0.4, -0.2) is 40.4 Å². The summed E-state index contributed by atoms with van der Waals surface area (Å²) in [4.78, 5) is 22.4. The number of hydrogen-bond acceptors (Lipinski definition) is 4. The lowest BCUT2D eigenvalue weighted by Gasteiger charge is -2.32. The Morgan fingerprint density at radius 3 is 2.48 bits per heavy atom.